The van der Waals surface area contributed by atoms with Crippen molar-refractivity contribution in [2.45, 2.75) is 6.43 Å². The van der Waals surface area contributed by atoms with Crippen LogP contribution < -0.4 is 10.1 Å². The van der Waals surface area contributed by atoms with Crippen molar-refractivity contribution in [1.29, 1.82) is 0 Å². The molecular weight excluding hydrogens is 300 g/mol. The third kappa shape index (κ3) is 5.78. The number of hydrogen-bond donors (Lipinski definition) is 1. The van der Waals surface area contributed by atoms with Gasteiger partial charge < -0.3 is 19.5 Å². The number of hydrogen-bond acceptors (Lipinski definition) is 6. The van der Waals surface area contributed by atoms with Gasteiger partial charge in [0.1, 0.15) is 18.1 Å². The standard InChI is InChI=1S/C14H15F2NO5/c1-20-13(18)7-11(14(19)21-2)17-9-3-5-10(6-4-9)22-8-12(15)16/h3-7,12,17H,8H2,1-2H3/b11-7+. The average molecular weight is 315 g/mol. The SMILES string of the molecule is COC(=O)/C=C(/Nc1ccc(OCC(F)F)cc1)C(=O)OC. The Morgan fingerprint density at radius 3 is 2.32 bits per heavy atom. The Hall–Kier alpha value is -2.64. The minimum atomic E-state index is -2.56. The van der Waals surface area contributed by atoms with Crippen LogP contribution in [0.5, 0.6) is 5.75 Å². The molecule has 1 aromatic carbocycles. The Morgan fingerprint density at radius 2 is 1.82 bits per heavy atom. The molecule has 1 rings (SSSR count). The summed E-state index contributed by atoms with van der Waals surface area (Å²) >= 11 is 0. The van der Waals surface area contributed by atoms with Gasteiger partial charge in [-0.25, -0.2) is 18.4 Å². The van der Waals surface area contributed by atoms with Gasteiger partial charge in [0.15, 0.2) is 0 Å². The highest BCUT2D eigenvalue weighted by atomic mass is 19.3. The number of carbonyl (C=O) groups is 2. The van der Waals surface area contributed by atoms with Crippen LogP contribution in [0.3, 0.4) is 0 Å². The van der Waals surface area contributed by atoms with Gasteiger partial charge in [-0.15, -0.1) is 0 Å². The summed E-state index contributed by atoms with van der Waals surface area (Å²) in [5, 5.41) is 2.67. The molecule has 1 aromatic rings. The zero-order valence-corrected chi connectivity index (χ0v) is 12.0. The molecule has 22 heavy (non-hydrogen) atoms. The number of esters is 2. The second kappa shape index (κ2) is 8.60. The van der Waals surface area contributed by atoms with Crippen molar-refractivity contribution in [3.63, 3.8) is 0 Å². The Kier molecular flexibility index (Phi) is 6.81. The number of alkyl halides is 2. The quantitative estimate of drug-likeness (QED) is 0.612. The van der Waals surface area contributed by atoms with Crippen molar-refractivity contribution in [1.82, 2.24) is 0 Å². The van der Waals surface area contributed by atoms with Crippen LogP contribution in [0.15, 0.2) is 36.0 Å². The lowest BCUT2D eigenvalue weighted by molar-refractivity contribution is -0.138. The third-order valence-corrected chi connectivity index (χ3v) is 2.38. The number of carbonyl (C=O) groups excluding carboxylic acids is 2. The molecule has 0 aromatic heterocycles. The molecule has 0 saturated carbocycles. The summed E-state index contributed by atoms with van der Waals surface area (Å²) < 4.78 is 37.8. The molecule has 0 fully saturated rings. The summed E-state index contributed by atoms with van der Waals surface area (Å²) in [6, 6.07) is 5.87. The van der Waals surface area contributed by atoms with Crippen LogP contribution in [-0.4, -0.2) is 39.2 Å². The number of rotatable bonds is 7. The average Bonchev–Trinajstić information content (AvgIpc) is 2.52. The number of anilines is 1. The number of methoxy groups -OCH3 is 2. The molecule has 0 saturated heterocycles. The van der Waals surface area contributed by atoms with Crippen LogP contribution in [0.2, 0.25) is 0 Å². The van der Waals surface area contributed by atoms with E-state index >= 15 is 0 Å². The van der Waals surface area contributed by atoms with E-state index in [-0.39, 0.29) is 11.4 Å². The van der Waals surface area contributed by atoms with E-state index in [1.807, 2.05) is 0 Å². The topological polar surface area (TPSA) is 73.9 Å². The third-order valence-electron chi connectivity index (χ3n) is 2.38. The summed E-state index contributed by atoms with van der Waals surface area (Å²) in [5.74, 6) is -1.24. The second-order valence-electron chi connectivity index (χ2n) is 3.92. The molecule has 8 heteroatoms. The zero-order valence-electron chi connectivity index (χ0n) is 12.0. The summed E-state index contributed by atoms with van der Waals surface area (Å²) in [4.78, 5) is 22.7. The molecule has 0 spiro atoms. The maximum Gasteiger partial charge on any atom is 0.354 e. The monoisotopic (exact) mass is 315 g/mol. The molecule has 0 aliphatic carbocycles. The van der Waals surface area contributed by atoms with Gasteiger partial charge in [-0.2, -0.15) is 0 Å². The van der Waals surface area contributed by atoms with Gasteiger partial charge in [0.2, 0.25) is 0 Å². The molecule has 6 nitrogen and oxygen atoms in total. The predicted octanol–water partition coefficient (Wildman–Crippen LogP) is 1.97. The first kappa shape index (κ1) is 17.4. The van der Waals surface area contributed by atoms with Crippen molar-refractivity contribution in [2.75, 3.05) is 26.1 Å². The molecule has 0 bridgehead atoms. The first-order valence-electron chi connectivity index (χ1n) is 6.12. The molecule has 120 valence electrons. The van der Waals surface area contributed by atoms with Crippen LogP contribution in [0.4, 0.5) is 14.5 Å². The van der Waals surface area contributed by atoms with Crippen LogP contribution in [0, 0.1) is 0 Å². The molecule has 0 radical (unpaired) electrons. The molecule has 0 heterocycles. The number of nitrogens with one attached hydrogen (secondary N) is 1. The van der Waals surface area contributed by atoms with Crippen LogP contribution >= 0.6 is 0 Å². The van der Waals surface area contributed by atoms with Gasteiger partial charge in [0.05, 0.1) is 20.3 Å². The normalized spacial score (nSPS) is 11.0. The van der Waals surface area contributed by atoms with Crippen LogP contribution in [0.25, 0.3) is 0 Å². The van der Waals surface area contributed by atoms with Gasteiger partial charge in [0.25, 0.3) is 6.43 Å². The van der Waals surface area contributed by atoms with E-state index in [2.05, 4.69) is 14.8 Å². The van der Waals surface area contributed by atoms with Crippen LogP contribution in [0.1, 0.15) is 0 Å². The van der Waals surface area contributed by atoms with E-state index in [9.17, 15) is 18.4 Å². The van der Waals surface area contributed by atoms with Crippen molar-refractivity contribution in [2.24, 2.45) is 0 Å². The predicted molar refractivity (Wildman–Crippen MR) is 73.7 cm³/mol. The molecule has 0 aliphatic rings. The number of halogens is 2. The smallest absolute Gasteiger partial charge is 0.354 e. The molecule has 1 N–H and O–H groups in total. The van der Waals surface area contributed by atoms with E-state index in [0.717, 1.165) is 13.2 Å². The molecule has 0 aliphatic heterocycles. The Morgan fingerprint density at radius 1 is 1.18 bits per heavy atom. The van der Waals surface area contributed by atoms with E-state index < -0.39 is 25.0 Å². The Bertz CT molecular complexity index is 543. The maximum atomic E-state index is 12.0. The maximum absolute atomic E-state index is 12.0. The minimum absolute atomic E-state index is 0.129. The van der Waals surface area contributed by atoms with E-state index in [1.165, 1.54) is 31.4 Å². The fourth-order valence-corrected chi connectivity index (χ4v) is 1.38. The van der Waals surface area contributed by atoms with Gasteiger partial charge in [-0.1, -0.05) is 0 Å². The summed E-state index contributed by atoms with van der Waals surface area (Å²) in [6.45, 7) is -0.706. The lowest BCUT2D eigenvalue weighted by atomic mass is 10.3. The van der Waals surface area contributed by atoms with E-state index in [4.69, 9.17) is 4.74 Å². The van der Waals surface area contributed by atoms with Gasteiger partial charge in [0, 0.05) is 5.69 Å². The highest BCUT2D eigenvalue weighted by Crippen LogP contribution is 2.18. The van der Waals surface area contributed by atoms with Crippen molar-refractivity contribution >= 4 is 17.6 Å². The first-order valence-corrected chi connectivity index (χ1v) is 6.12. The number of ether oxygens (including phenoxy) is 3. The van der Waals surface area contributed by atoms with Crippen molar-refractivity contribution in [3.05, 3.63) is 36.0 Å². The first-order chi connectivity index (χ1) is 10.5. The van der Waals surface area contributed by atoms with Crippen molar-refractivity contribution in [3.8, 4) is 5.75 Å². The molecule has 0 unspecified atom stereocenters. The Balaban J connectivity index is 2.79. The lowest BCUT2D eigenvalue weighted by Crippen LogP contribution is -2.15. The molecular formula is C14H15F2NO5. The van der Waals surface area contributed by atoms with Crippen LogP contribution in [-0.2, 0) is 19.1 Å². The highest BCUT2D eigenvalue weighted by molar-refractivity contribution is 5.98. The van der Waals surface area contributed by atoms with Gasteiger partial charge >= 0.3 is 11.9 Å². The summed E-state index contributed by atoms with van der Waals surface area (Å²) in [7, 11) is 2.33. The van der Waals surface area contributed by atoms with E-state index in [1.54, 1.807) is 0 Å². The fraction of sp³-hybridized carbons (Fsp3) is 0.286. The van der Waals surface area contributed by atoms with Gasteiger partial charge in [-0.3, -0.25) is 0 Å². The lowest BCUT2D eigenvalue weighted by Gasteiger charge is -2.10. The van der Waals surface area contributed by atoms with Gasteiger partial charge in [-0.05, 0) is 24.3 Å². The molecule has 0 amide bonds. The largest absolute Gasteiger partial charge is 0.488 e. The van der Waals surface area contributed by atoms with E-state index in [0.29, 0.717) is 5.69 Å². The summed E-state index contributed by atoms with van der Waals surface area (Å²) in [6.07, 6.45) is -1.63. The van der Waals surface area contributed by atoms with Crippen molar-refractivity contribution < 1.29 is 32.6 Å². The molecule has 0 atom stereocenters. The highest BCUT2D eigenvalue weighted by Gasteiger charge is 2.13. The second-order valence-corrected chi connectivity index (χ2v) is 3.92. The summed E-state index contributed by atoms with van der Waals surface area (Å²) in [5.41, 5.74) is 0.306. The zero-order chi connectivity index (χ0) is 16.5. The fourth-order valence-electron chi connectivity index (χ4n) is 1.38. The Labute approximate surface area is 125 Å². The number of benzene rings is 1. The minimum Gasteiger partial charge on any atom is -0.488 e.